The van der Waals surface area contributed by atoms with Crippen molar-refractivity contribution in [3.8, 4) is 5.75 Å². The zero-order valence-electron chi connectivity index (χ0n) is 9.79. The van der Waals surface area contributed by atoms with E-state index in [0.717, 1.165) is 12.0 Å². The van der Waals surface area contributed by atoms with Gasteiger partial charge in [0.2, 0.25) is 0 Å². The molecule has 0 aliphatic rings. The average molecular weight is 206 g/mol. The number of rotatable bonds is 2. The van der Waals surface area contributed by atoms with Crippen LogP contribution in [0.25, 0.3) is 0 Å². The highest BCUT2D eigenvalue weighted by atomic mass is 16.3. The van der Waals surface area contributed by atoms with Crippen molar-refractivity contribution in [2.45, 2.75) is 34.1 Å². The van der Waals surface area contributed by atoms with Crippen molar-refractivity contribution >= 4 is 5.78 Å². The predicted molar refractivity (Wildman–Crippen MR) is 61.3 cm³/mol. The maximum absolute atomic E-state index is 11.2. The fourth-order valence-electron chi connectivity index (χ4n) is 1.59. The number of carbonyl (C=O) groups excluding carboxylic acids is 1. The quantitative estimate of drug-likeness (QED) is 0.754. The van der Waals surface area contributed by atoms with E-state index in [4.69, 9.17) is 0 Å². The maximum Gasteiger partial charge on any atom is 0.163 e. The van der Waals surface area contributed by atoms with Crippen molar-refractivity contribution < 1.29 is 9.90 Å². The Bertz CT molecular complexity index is 373. The van der Waals surface area contributed by atoms with Crippen LogP contribution in [0, 0.1) is 5.41 Å². The smallest absolute Gasteiger partial charge is 0.163 e. The van der Waals surface area contributed by atoms with Gasteiger partial charge in [0.15, 0.2) is 5.78 Å². The Morgan fingerprint density at radius 2 is 1.93 bits per heavy atom. The molecule has 1 rings (SSSR count). The molecular formula is C13H18O2. The topological polar surface area (TPSA) is 37.3 Å². The lowest BCUT2D eigenvalue weighted by Crippen LogP contribution is -2.09. The Balaban J connectivity index is 3.03. The third-order valence-electron chi connectivity index (χ3n) is 2.17. The summed E-state index contributed by atoms with van der Waals surface area (Å²) in [5.74, 6) is -0.0246. The van der Waals surface area contributed by atoms with Crippen LogP contribution in [0.5, 0.6) is 5.75 Å². The van der Waals surface area contributed by atoms with Crippen LogP contribution in [0.3, 0.4) is 0 Å². The monoisotopic (exact) mass is 206 g/mol. The number of hydrogen-bond donors (Lipinski definition) is 1. The van der Waals surface area contributed by atoms with Gasteiger partial charge in [-0.05, 0) is 36.5 Å². The van der Waals surface area contributed by atoms with Gasteiger partial charge < -0.3 is 5.11 Å². The zero-order valence-corrected chi connectivity index (χ0v) is 9.79. The average Bonchev–Trinajstić information content (AvgIpc) is 2.05. The first-order chi connectivity index (χ1) is 6.79. The SMILES string of the molecule is CC(=O)c1cc(CC(C)(C)C)ccc1O. The largest absolute Gasteiger partial charge is 0.507 e. The van der Waals surface area contributed by atoms with Gasteiger partial charge in [-0.25, -0.2) is 0 Å². The molecule has 0 unspecified atom stereocenters. The molecule has 82 valence electrons. The van der Waals surface area contributed by atoms with Gasteiger partial charge in [0, 0.05) is 0 Å². The molecule has 0 aliphatic carbocycles. The van der Waals surface area contributed by atoms with E-state index in [2.05, 4.69) is 20.8 Å². The van der Waals surface area contributed by atoms with E-state index >= 15 is 0 Å². The summed E-state index contributed by atoms with van der Waals surface area (Å²) in [6.45, 7) is 7.91. The number of phenols is 1. The molecule has 0 heterocycles. The van der Waals surface area contributed by atoms with Gasteiger partial charge in [0.25, 0.3) is 0 Å². The molecular weight excluding hydrogens is 188 g/mol. The normalized spacial score (nSPS) is 11.5. The van der Waals surface area contributed by atoms with Gasteiger partial charge in [-0.1, -0.05) is 26.8 Å². The van der Waals surface area contributed by atoms with Crippen LogP contribution in [0.4, 0.5) is 0 Å². The Morgan fingerprint density at radius 3 is 2.40 bits per heavy atom. The van der Waals surface area contributed by atoms with E-state index in [-0.39, 0.29) is 16.9 Å². The van der Waals surface area contributed by atoms with E-state index in [1.807, 2.05) is 6.07 Å². The van der Waals surface area contributed by atoms with Gasteiger partial charge in [0.1, 0.15) is 5.75 Å². The molecule has 0 radical (unpaired) electrons. The summed E-state index contributed by atoms with van der Waals surface area (Å²) >= 11 is 0. The molecule has 0 amide bonds. The summed E-state index contributed by atoms with van der Waals surface area (Å²) in [6.07, 6.45) is 0.896. The molecule has 15 heavy (non-hydrogen) atoms. The number of aromatic hydroxyl groups is 1. The third-order valence-corrected chi connectivity index (χ3v) is 2.17. The van der Waals surface area contributed by atoms with Crippen LogP contribution in [0.2, 0.25) is 0 Å². The van der Waals surface area contributed by atoms with Gasteiger partial charge in [-0.3, -0.25) is 4.79 Å². The molecule has 0 saturated heterocycles. The molecule has 1 aromatic carbocycles. The Labute approximate surface area is 90.9 Å². The van der Waals surface area contributed by atoms with Crippen molar-refractivity contribution in [2.24, 2.45) is 5.41 Å². The van der Waals surface area contributed by atoms with Crippen molar-refractivity contribution in [1.82, 2.24) is 0 Å². The second-order valence-electron chi connectivity index (χ2n) is 5.15. The number of Topliss-reactive ketones (excluding diaryl/α,β-unsaturated/α-hetero) is 1. The van der Waals surface area contributed by atoms with Crippen LogP contribution in [-0.4, -0.2) is 10.9 Å². The molecule has 1 aromatic rings. The fourth-order valence-corrected chi connectivity index (χ4v) is 1.59. The number of carbonyl (C=O) groups is 1. The molecule has 0 saturated carbocycles. The van der Waals surface area contributed by atoms with Crippen LogP contribution >= 0.6 is 0 Å². The molecule has 0 aromatic heterocycles. The number of ketones is 1. The van der Waals surface area contributed by atoms with Crippen molar-refractivity contribution in [3.63, 3.8) is 0 Å². The van der Waals surface area contributed by atoms with Crippen LogP contribution in [-0.2, 0) is 6.42 Å². The molecule has 2 nitrogen and oxygen atoms in total. The number of benzene rings is 1. The molecule has 1 N–H and O–H groups in total. The van der Waals surface area contributed by atoms with E-state index in [1.165, 1.54) is 6.92 Å². The van der Waals surface area contributed by atoms with Crippen LogP contribution in [0.15, 0.2) is 18.2 Å². The van der Waals surface area contributed by atoms with Gasteiger partial charge in [-0.2, -0.15) is 0 Å². The van der Waals surface area contributed by atoms with Gasteiger partial charge >= 0.3 is 0 Å². The summed E-state index contributed by atoms with van der Waals surface area (Å²) in [4.78, 5) is 11.2. The summed E-state index contributed by atoms with van der Waals surface area (Å²) in [5, 5.41) is 9.48. The second-order valence-corrected chi connectivity index (χ2v) is 5.15. The molecule has 0 aliphatic heterocycles. The van der Waals surface area contributed by atoms with E-state index < -0.39 is 0 Å². The van der Waals surface area contributed by atoms with Crippen molar-refractivity contribution in [1.29, 1.82) is 0 Å². The van der Waals surface area contributed by atoms with E-state index in [9.17, 15) is 9.90 Å². The lowest BCUT2D eigenvalue weighted by atomic mass is 9.87. The number of hydrogen-bond acceptors (Lipinski definition) is 2. The fraction of sp³-hybridized carbons (Fsp3) is 0.462. The van der Waals surface area contributed by atoms with Crippen LogP contribution in [0.1, 0.15) is 43.6 Å². The minimum absolute atomic E-state index is 0.0696. The zero-order chi connectivity index (χ0) is 11.6. The summed E-state index contributed by atoms with van der Waals surface area (Å²) < 4.78 is 0. The minimum atomic E-state index is -0.0942. The predicted octanol–water partition coefficient (Wildman–Crippen LogP) is 3.18. The Hall–Kier alpha value is -1.31. The van der Waals surface area contributed by atoms with Gasteiger partial charge in [-0.15, -0.1) is 0 Å². The molecule has 2 heteroatoms. The minimum Gasteiger partial charge on any atom is -0.507 e. The first kappa shape index (κ1) is 11.8. The molecule has 0 fully saturated rings. The highest BCUT2D eigenvalue weighted by molar-refractivity contribution is 5.96. The highest BCUT2D eigenvalue weighted by Crippen LogP contribution is 2.25. The van der Waals surface area contributed by atoms with Gasteiger partial charge in [0.05, 0.1) is 5.56 Å². The summed E-state index contributed by atoms with van der Waals surface area (Å²) in [7, 11) is 0. The highest BCUT2D eigenvalue weighted by Gasteiger charge is 2.13. The molecule has 0 atom stereocenters. The Kier molecular flexibility index (Phi) is 3.18. The summed E-state index contributed by atoms with van der Waals surface area (Å²) in [5.41, 5.74) is 1.69. The van der Waals surface area contributed by atoms with Crippen molar-refractivity contribution in [3.05, 3.63) is 29.3 Å². The van der Waals surface area contributed by atoms with E-state index in [0.29, 0.717) is 5.56 Å². The lowest BCUT2D eigenvalue weighted by molar-refractivity contribution is 0.101. The summed E-state index contributed by atoms with van der Waals surface area (Å²) in [6, 6.07) is 5.24. The second kappa shape index (κ2) is 4.05. The lowest BCUT2D eigenvalue weighted by Gasteiger charge is -2.18. The first-order valence-corrected chi connectivity index (χ1v) is 5.12. The van der Waals surface area contributed by atoms with Crippen LogP contribution < -0.4 is 0 Å². The first-order valence-electron chi connectivity index (χ1n) is 5.12. The third kappa shape index (κ3) is 3.39. The maximum atomic E-state index is 11.2. The number of phenolic OH excluding ortho intramolecular Hbond substituents is 1. The van der Waals surface area contributed by atoms with Crippen molar-refractivity contribution in [2.75, 3.05) is 0 Å². The molecule has 0 bridgehead atoms. The standard InChI is InChI=1S/C13H18O2/c1-9(14)11-7-10(5-6-12(11)15)8-13(2,3)4/h5-7,15H,8H2,1-4H3. The molecule has 0 spiro atoms. The Morgan fingerprint density at radius 1 is 1.33 bits per heavy atom. The van der Waals surface area contributed by atoms with E-state index in [1.54, 1.807) is 12.1 Å².